The first-order valence-electron chi connectivity index (χ1n) is 6.63. The van der Waals surface area contributed by atoms with Crippen LogP contribution < -0.4 is 5.32 Å². The van der Waals surface area contributed by atoms with Crippen molar-refractivity contribution in [1.29, 1.82) is 0 Å². The molecule has 1 N–H and O–H groups in total. The molecule has 0 saturated carbocycles. The summed E-state index contributed by atoms with van der Waals surface area (Å²) in [5, 5.41) is 3.02. The zero-order valence-corrected chi connectivity index (χ0v) is 13.4. The molecule has 0 unspecified atom stereocenters. The summed E-state index contributed by atoms with van der Waals surface area (Å²) < 4.78 is 14.4. The fraction of sp³-hybridized carbons (Fsp3) is 0.500. The van der Waals surface area contributed by atoms with E-state index < -0.39 is 17.9 Å². The minimum atomic E-state index is -0.582. The number of ether oxygens (including phenoxy) is 3. The van der Waals surface area contributed by atoms with Crippen LogP contribution in [0.4, 0.5) is 5.00 Å². The molecule has 7 nitrogen and oxygen atoms in total. The van der Waals surface area contributed by atoms with Gasteiger partial charge in [-0.2, -0.15) is 0 Å². The van der Waals surface area contributed by atoms with E-state index in [2.05, 4.69) is 5.32 Å². The molecule has 0 saturated heterocycles. The van der Waals surface area contributed by atoms with Crippen molar-refractivity contribution in [3.8, 4) is 0 Å². The van der Waals surface area contributed by atoms with Crippen LogP contribution in [0.5, 0.6) is 0 Å². The first kappa shape index (κ1) is 16.4. The van der Waals surface area contributed by atoms with Gasteiger partial charge in [0.05, 0.1) is 25.7 Å². The van der Waals surface area contributed by atoms with E-state index in [1.807, 2.05) is 0 Å². The minimum absolute atomic E-state index is 0.121. The van der Waals surface area contributed by atoms with Crippen molar-refractivity contribution in [1.82, 2.24) is 0 Å². The molecule has 1 aliphatic rings. The van der Waals surface area contributed by atoms with Crippen molar-refractivity contribution in [2.24, 2.45) is 0 Å². The number of anilines is 1. The summed E-state index contributed by atoms with van der Waals surface area (Å²) in [6.45, 7) is -0.121. The number of amides is 1. The number of rotatable bonds is 5. The average molecular weight is 327 g/mol. The van der Waals surface area contributed by atoms with Gasteiger partial charge in [0.25, 0.3) is 5.91 Å². The minimum Gasteiger partial charge on any atom is -0.469 e. The van der Waals surface area contributed by atoms with Gasteiger partial charge in [0.1, 0.15) is 11.6 Å². The molecule has 1 aromatic rings. The molecule has 1 aromatic heterocycles. The van der Waals surface area contributed by atoms with Crippen LogP contribution in [0.15, 0.2) is 0 Å². The highest BCUT2D eigenvalue weighted by molar-refractivity contribution is 7.17. The van der Waals surface area contributed by atoms with Crippen molar-refractivity contribution >= 4 is 34.2 Å². The normalized spacial score (nSPS) is 16.0. The summed E-state index contributed by atoms with van der Waals surface area (Å²) in [7, 11) is 3.98. The number of hydrogen-bond acceptors (Lipinski definition) is 7. The second-order valence-corrected chi connectivity index (χ2v) is 5.84. The van der Waals surface area contributed by atoms with Crippen LogP contribution >= 0.6 is 11.3 Å². The molecular formula is C14H17NO6S. The Morgan fingerprint density at radius 2 is 1.95 bits per heavy atom. The van der Waals surface area contributed by atoms with Gasteiger partial charge in [-0.05, 0) is 18.4 Å². The van der Waals surface area contributed by atoms with Crippen LogP contribution in [-0.4, -0.2) is 45.8 Å². The third-order valence-corrected chi connectivity index (χ3v) is 4.61. The fourth-order valence-electron chi connectivity index (χ4n) is 2.53. The summed E-state index contributed by atoms with van der Waals surface area (Å²) in [5.41, 5.74) is 0.844. The van der Waals surface area contributed by atoms with Crippen LogP contribution in [0.25, 0.3) is 0 Å². The van der Waals surface area contributed by atoms with Gasteiger partial charge in [-0.1, -0.05) is 0 Å². The number of hydrogen-bond donors (Lipinski definition) is 1. The standard InChI is InChI=1S/C14H17NO6S/c1-19-6-9(16)15-12-11(14(18)21-3)10-7(13(17)20-2)4-5-8(10)22-12/h7H,4-6H2,1-3H3,(H,15,16)/t7-/m1/s1. The highest BCUT2D eigenvalue weighted by Crippen LogP contribution is 2.45. The first-order valence-corrected chi connectivity index (χ1v) is 7.45. The highest BCUT2D eigenvalue weighted by Gasteiger charge is 2.38. The van der Waals surface area contributed by atoms with Gasteiger partial charge in [0.15, 0.2) is 0 Å². The van der Waals surface area contributed by atoms with Crippen molar-refractivity contribution in [3.05, 3.63) is 16.0 Å². The van der Waals surface area contributed by atoms with Gasteiger partial charge in [0.2, 0.25) is 0 Å². The number of carbonyl (C=O) groups is 3. The Morgan fingerprint density at radius 3 is 2.55 bits per heavy atom. The predicted molar refractivity (Wildman–Crippen MR) is 79.2 cm³/mol. The molecule has 0 aliphatic heterocycles. The van der Waals surface area contributed by atoms with Crippen LogP contribution in [-0.2, 0) is 30.2 Å². The summed E-state index contributed by atoms with van der Waals surface area (Å²) in [4.78, 5) is 36.6. The van der Waals surface area contributed by atoms with E-state index in [0.29, 0.717) is 23.4 Å². The molecule has 1 heterocycles. The lowest BCUT2D eigenvalue weighted by atomic mass is 9.99. The largest absolute Gasteiger partial charge is 0.469 e. The van der Waals surface area contributed by atoms with E-state index in [1.54, 1.807) is 0 Å². The molecule has 0 radical (unpaired) electrons. The summed E-state index contributed by atoms with van der Waals surface area (Å²) in [6, 6.07) is 0. The zero-order chi connectivity index (χ0) is 16.3. The predicted octanol–water partition coefficient (Wildman–Crippen LogP) is 1.32. The zero-order valence-electron chi connectivity index (χ0n) is 12.6. The van der Waals surface area contributed by atoms with Crippen LogP contribution in [0, 0.1) is 0 Å². The molecule has 0 fully saturated rings. The maximum Gasteiger partial charge on any atom is 0.341 e. The molecule has 22 heavy (non-hydrogen) atoms. The molecule has 1 amide bonds. The van der Waals surface area contributed by atoms with E-state index in [1.165, 1.54) is 32.7 Å². The van der Waals surface area contributed by atoms with E-state index in [0.717, 1.165) is 4.88 Å². The van der Waals surface area contributed by atoms with Gasteiger partial charge in [0, 0.05) is 12.0 Å². The topological polar surface area (TPSA) is 90.9 Å². The fourth-order valence-corrected chi connectivity index (χ4v) is 3.81. The van der Waals surface area contributed by atoms with Gasteiger partial charge >= 0.3 is 11.9 Å². The number of methoxy groups -OCH3 is 3. The smallest absolute Gasteiger partial charge is 0.341 e. The number of carbonyl (C=O) groups excluding carboxylic acids is 3. The van der Waals surface area contributed by atoms with Crippen molar-refractivity contribution in [2.75, 3.05) is 33.3 Å². The van der Waals surface area contributed by atoms with Gasteiger partial charge in [-0.3, -0.25) is 9.59 Å². The third kappa shape index (κ3) is 2.97. The maximum atomic E-state index is 12.1. The second kappa shape index (κ2) is 6.89. The average Bonchev–Trinajstić information content (AvgIpc) is 3.04. The summed E-state index contributed by atoms with van der Waals surface area (Å²) in [6.07, 6.45) is 1.24. The van der Waals surface area contributed by atoms with E-state index in [-0.39, 0.29) is 18.1 Å². The van der Waals surface area contributed by atoms with E-state index >= 15 is 0 Å². The Kier molecular flexibility index (Phi) is 5.15. The van der Waals surface area contributed by atoms with Crippen molar-refractivity contribution < 1.29 is 28.6 Å². The molecule has 120 valence electrons. The molecular weight excluding hydrogens is 310 g/mol. The quantitative estimate of drug-likeness (QED) is 0.820. The first-order chi connectivity index (χ1) is 10.5. The lowest BCUT2D eigenvalue weighted by molar-refractivity contribution is -0.142. The third-order valence-electron chi connectivity index (χ3n) is 3.43. The van der Waals surface area contributed by atoms with E-state index in [4.69, 9.17) is 14.2 Å². The van der Waals surface area contributed by atoms with Crippen molar-refractivity contribution in [2.45, 2.75) is 18.8 Å². The molecule has 1 aliphatic carbocycles. The Bertz CT molecular complexity index is 609. The van der Waals surface area contributed by atoms with Crippen LogP contribution in [0.2, 0.25) is 0 Å². The number of aryl methyl sites for hydroxylation is 1. The SMILES string of the molecule is COCC(=O)Nc1sc2c(c1C(=O)OC)[C@H](C(=O)OC)CC2. The molecule has 1 atom stereocenters. The number of thiophene rings is 1. The van der Waals surface area contributed by atoms with Gasteiger partial charge < -0.3 is 19.5 Å². The highest BCUT2D eigenvalue weighted by atomic mass is 32.1. The lowest BCUT2D eigenvalue weighted by Gasteiger charge is -2.11. The Labute approximate surface area is 131 Å². The van der Waals surface area contributed by atoms with Crippen LogP contribution in [0.3, 0.4) is 0 Å². The number of fused-ring (bicyclic) bond motifs is 1. The van der Waals surface area contributed by atoms with E-state index in [9.17, 15) is 14.4 Å². The number of esters is 2. The molecule has 2 rings (SSSR count). The maximum absolute atomic E-state index is 12.1. The summed E-state index contributed by atoms with van der Waals surface area (Å²) >= 11 is 1.28. The molecule has 0 bridgehead atoms. The second-order valence-electron chi connectivity index (χ2n) is 4.73. The van der Waals surface area contributed by atoms with Gasteiger partial charge in [-0.15, -0.1) is 11.3 Å². The number of nitrogens with one attached hydrogen (secondary N) is 1. The summed E-state index contributed by atoms with van der Waals surface area (Å²) in [5.74, 6) is -1.85. The van der Waals surface area contributed by atoms with Crippen molar-refractivity contribution in [3.63, 3.8) is 0 Å². The Balaban J connectivity index is 2.43. The van der Waals surface area contributed by atoms with Gasteiger partial charge in [-0.25, -0.2) is 4.79 Å². The monoisotopic (exact) mass is 327 g/mol. The Hall–Kier alpha value is -1.93. The lowest BCUT2D eigenvalue weighted by Crippen LogP contribution is -2.20. The van der Waals surface area contributed by atoms with Crippen LogP contribution in [0.1, 0.15) is 33.1 Å². The Morgan fingerprint density at radius 1 is 1.23 bits per heavy atom. The molecule has 8 heteroatoms. The molecule has 0 aromatic carbocycles. The molecule has 0 spiro atoms.